The number of carbonyl (C=O) groups excluding carboxylic acids is 2. The molecule has 0 saturated heterocycles. The Labute approximate surface area is 170 Å². The first-order valence-electron chi connectivity index (χ1n) is 7.99. The zero-order valence-corrected chi connectivity index (χ0v) is 16.8. The number of hydrogen-bond donors (Lipinski definition) is 1. The number of anilines is 1. The van der Waals surface area contributed by atoms with Crippen LogP contribution in [0, 0.1) is 6.92 Å². The molecule has 0 fully saturated rings. The third kappa shape index (κ3) is 5.42. The molecule has 1 N–H and O–H groups in total. The monoisotopic (exact) mass is 447 g/mol. The van der Waals surface area contributed by atoms with Gasteiger partial charge in [-0.25, -0.2) is 13.2 Å². The topological polar surface area (TPSA) is 98.8 Å². The van der Waals surface area contributed by atoms with Crippen LogP contribution >= 0.6 is 11.6 Å². The second kappa shape index (κ2) is 9.19. The Morgan fingerprint density at radius 2 is 1.79 bits per heavy atom. The summed E-state index contributed by atoms with van der Waals surface area (Å²) in [5.74, 6) is -4.84. The molecule has 1 amide bonds. The Kier molecular flexibility index (Phi) is 7.15. The number of nitrogens with one attached hydrogen (secondary N) is 1. The Morgan fingerprint density at radius 3 is 2.34 bits per heavy atom. The third-order valence-electron chi connectivity index (χ3n) is 3.74. The fourth-order valence-electron chi connectivity index (χ4n) is 2.21. The summed E-state index contributed by atoms with van der Waals surface area (Å²) in [4.78, 5) is 23.4. The summed E-state index contributed by atoms with van der Waals surface area (Å²) in [5, 5.41) is 2.96. The van der Waals surface area contributed by atoms with Crippen molar-refractivity contribution in [3.8, 4) is 5.75 Å². The number of ether oxygens (including phenoxy) is 2. The van der Waals surface area contributed by atoms with E-state index in [1.807, 2.05) is 0 Å². The van der Waals surface area contributed by atoms with Gasteiger partial charge >= 0.3 is 11.7 Å². The van der Waals surface area contributed by atoms with E-state index < -0.39 is 39.0 Å². The Balaban J connectivity index is 2.01. The molecule has 7 nitrogen and oxygen atoms in total. The highest BCUT2D eigenvalue weighted by Gasteiger charge is 2.26. The molecule has 11 heteroatoms. The van der Waals surface area contributed by atoms with Crippen LogP contribution in [0.15, 0.2) is 41.3 Å². The SMILES string of the molecule is COc1cc(Cl)c(C)cc1NC(=O)COC(=O)c1ccc(S(=O)(=O)C(F)F)cc1. The number of alkyl halides is 2. The number of rotatable bonds is 7. The Morgan fingerprint density at radius 1 is 1.17 bits per heavy atom. The number of sulfone groups is 1. The molecule has 156 valence electrons. The Hall–Kier alpha value is -2.72. The minimum absolute atomic E-state index is 0.106. The van der Waals surface area contributed by atoms with Crippen LogP contribution in [0.2, 0.25) is 5.02 Å². The lowest BCUT2D eigenvalue weighted by molar-refractivity contribution is -0.119. The molecule has 29 heavy (non-hydrogen) atoms. The van der Waals surface area contributed by atoms with Crippen LogP contribution in [0.4, 0.5) is 14.5 Å². The summed E-state index contributed by atoms with van der Waals surface area (Å²) in [5.41, 5.74) is 0.918. The molecule has 0 aliphatic heterocycles. The van der Waals surface area contributed by atoms with Gasteiger partial charge < -0.3 is 14.8 Å². The van der Waals surface area contributed by atoms with Crippen LogP contribution < -0.4 is 10.1 Å². The number of aryl methyl sites for hydroxylation is 1. The highest BCUT2D eigenvalue weighted by Crippen LogP contribution is 2.30. The van der Waals surface area contributed by atoms with Crippen LogP contribution in [-0.2, 0) is 19.4 Å². The molecule has 2 aromatic rings. The molecule has 0 radical (unpaired) electrons. The molecular formula is C18H16ClF2NO6S. The van der Waals surface area contributed by atoms with Crippen molar-refractivity contribution in [3.05, 3.63) is 52.5 Å². The summed E-state index contributed by atoms with van der Waals surface area (Å²) in [7, 11) is -3.37. The first-order valence-corrected chi connectivity index (χ1v) is 9.92. The zero-order chi connectivity index (χ0) is 21.8. The van der Waals surface area contributed by atoms with Gasteiger partial charge in [0.05, 0.1) is 23.3 Å². The largest absolute Gasteiger partial charge is 0.495 e. The third-order valence-corrected chi connectivity index (χ3v) is 5.55. The first-order chi connectivity index (χ1) is 13.6. The number of methoxy groups -OCH3 is 1. The molecule has 2 rings (SSSR count). The minimum atomic E-state index is -4.76. The maximum atomic E-state index is 12.5. The fourth-order valence-corrected chi connectivity index (χ4v) is 3.09. The molecule has 0 aliphatic rings. The smallest absolute Gasteiger partial charge is 0.341 e. The average molecular weight is 448 g/mol. The number of halogens is 3. The summed E-state index contributed by atoms with van der Waals surface area (Å²) in [6.45, 7) is 1.09. The van der Waals surface area contributed by atoms with Crippen LogP contribution in [-0.4, -0.2) is 39.8 Å². The molecule has 0 aromatic heterocycles. The molecule has 0 bridgehead atoms. The van der Waals surface area contributed by atoms with E-state index in [-0.39, 0.29) is 5.56 Å². The molecule has 0 aliphatic carbocycles. The molecule has 0 spiro atoms. The highest BCUT2D eigenvalue weighted by molar-refractivity contribution is 7.91. The number of esters is 1. The van der Waals surface area contributed by atoms with Crippen molar-refractivity contribution in [2.45, 2.75) is 17.6 Å². The predicted molar refractivity (Wildman–Crippen MR) is 101 cm³/mol. The van der Waals surface area contributed by atoms with Gasteiger partial charge in [0.2, 0.25) is 9.84 Å². The molecule has 0 atom stereocenters. The lowest BCUT2D eigenvalue weighted by Crippen LogP contribution is -2.21. The number of hydrogen-bond acceptors (Lipinski definition) is 6. The van der Waals surface area contributed by atoms with E-state index in [0.717, 1.165) is 24.3 Å². The van der Waals surface area contributed by atoms with Crippen LogP contribution in [0.5, 0.6) is 5.75 Å². The van der Waals surface area contributed by atoms with Crippen molar-refractivity contribution in [1.82, 2.24) is 0 Å². The summed E-state index contributed by atoms with van der Waals surface area (Å²) in [6, 6.07) is 6.86. The second-order valence-corrected chi connectivity index (χ2v) is 8.08. The van der Waals surface area contributed by atoms with Gasteiger partial charge in [-0.15, -0.1) is 0 Å². The number of benzene rings is 2. The highest BCUT2D eigenvalue weighted by atomic mass is 35.5. The molecule has 0 saturated carbocycles. The maximum absolute atomic E-state index is 12.5. The standard InChI is InChI=1S/C18H16ClF2NO6S/c1-10-7-14(15(27-2)8-13(10)19)22-16(23)9-28-17(24)11-3-5-12(6-4-11)29(25,26)18(20)21/h3-8,18H,9H2,1-2H3,(H,22,23). The van der Waals surface area contributed by atoms with Gasteiger partial charge in [0.1, 0.15) is 5.75 Å². The van der Waals surface area contributed by atoms with Crippen molar-refractivity contribution < 1.29 is 36.3 Å². The summed E-state index contributed by atoms with van der Waals surface area (Å²) >= 11 is 5.99. The van der Waals surface area contributed by atoms with Gasteiger partial charge in [-0.05, 0) is 42.8 Å². The first kappa shape index (κ1) is 22.6. The average Bonchev–Trinajstić information content (AvgIpc) is 2.68. The number of amides is 1. The molecule has 2 aromatic carbocycles. The molecule has 0 heterocycles. The van der Waals surface area contributed by atoms with Crippen molar-refractivity contribution in [2.75, 3.05) is 19.0 Å². The van der Waals surface area contributed by atoms with Crippen LogP contribution in [0.1, 0.15) is 15.9 Å². The fraction of sp³-hybridized carbons (Fsp3) is 0.222. The van der Waals surface area contributed by atoms with Gasteiger partial charge in [0.25, 0.3) is 5.91 Å². The summed E-state index contributed by atoms with van der Waals surface area (Å²) in [6.07, 6.45) is 0. The van der Waals surface area contributed by atoms with E-state index in [2.05, 4.69) is 5.32 Å². The van der Waals surface area contributed by atoms with Gasteiger partial charge in [0.15, 0.2) is 6.61 Å². The normalized spacial score (nSPS) is 11.2. The van der Waals surface area contributed by atoms with Crippen LogP contribution in [0.3, 0.4) is 0 Å². The van der Waals surface area contributed by atoms with E-state index in [1.165, 1.54) is 13.2 Å². The van der Waals surface area contributed by atoms with Gasteiger partial charge in [-0.1, -0.05) is 11.6 Å². The van der Waals surface area contributed by atoms with Crippen molar-refractivity contribution in [1.29, 1.82) is 0 Å². The van der Waals surface area contributed by atoms with E-state index in [0.29, 0.717) is 22.0 Å². The van der Waals surface area contributed by atoms with Gasteiger partial charge in [-0.3, -0.25) is 4.79 Å². The van der Waals surface area contributed by atoms with Crippen molar-refractivity contribution in [2.24, 2.45) is 0 Å². The van der Waals surface area contributed by atoms with Gasteiger partial charge in [-0.2, -0.15) is 8.78 Å². The van der Waals surface area contributed by atoms with E-state index >= 15 is 0 Å². The quantitative estimate of drug-likeness (QED) is 0.653. The lowest BCUT2D eigenvalue weighted by Gasteiger charge is -2.12. The Bertz CT molecular complexity index is 1030. The molecule has 0 unspecified atom stereocenters. The van der Waals surface area contributed by atoms with E-state index in [9.17, 15) is 26.8 Å². The number of carbonyl (C=O) groups is 2. The van der Waals surface area contributed by atoms with E-state index in [1.54, 1.807) is 13.0 Å². The zero-order valence-electron chi connectivity index (χ0n) is 15.2. The van der Waals surface area contributed by atoms with Crippen molar-refractivity contribution in [3.63, 3.8) is 0 Å². The second-order valence-electron chi connectivity index (χ2n) is 5.76. The summed E-state index contributed by atoms with van der Waals surface area (Å²) < 4.78 is 57.7. The maximum Gasteiger partial charge on any atom is 0.341 e. The van der Waals surface area contributed by atoms with Gasteiger partial charge in [0, 0.05) is 11.1 Å². The predicted octanol–water partition coefficient (Wildman–Crippen LogP) is 3.45. The van der Waals surface area contributed by atoms with Crippen LogP contribution in [0.25, 0.3) is 0 Å². The molecular weight excluding hydrogens is 432 g/mol. The lowest BCUT2D eigenvalue weighted by atomic mass is 10.2. The van der Waals surface area contributed by atoms with Crippen molar-refractivity contribution >= 4 is 39.0 Å². The van der Waals surface area contributed by atoms with E-state index in [4.69, 9.17) is 21.1 Å². The minimum Gasteiger partial charge on any atom is -0.495 e.